The lowest BCUT2D eigenvalue weighted by Gasteiger charge is -2.23. The highest BCUT2D eigenvalue weighted by atomic mass is 127. The number of hydrogen-bond donors (Lipinski definition) is 1. The summed E-state index contributed by atoms with van der Waals surface area (Å²) in [4.78, 5) is 10.6. The van der Waals surface area contributed by atoms with E-state index in [9.17, 15) is 4.79 Å². The highest BCUT2D eigenvalue weighted by molar-refractivity contribution is 14.1. The van der Waals surface area contributed by atoms with Gasteiger partial charge in [0.2, 0.25) is 0 Å². The topological polar surface area (TPSA) is 37.3 Å². The molecule has 10 heavy (non-hydrogen) atoms. The number of rotatable bonds is 1. The van der Waals surface area contributed by atoms with Gasteiger partial charge in [-0.3, -0.25) is 4.79 Å². The van der Waals surface area contributed by atoms with Crippen LogP contribution in [0.3, 0.4) is 0 Å². The molecule has 0 radical (unpaired) electrons. The van der Waals surface area contributed by atoms with Gasteiger partial charge in [0.15, 0.2) is 0 Å². The highest BCUT2D eigenvalue weighted by Crippen LogP contribution is 2.30. The zero-order valence-electron chi connectivity index (χ0n) is 5.72. The van der Waals surface area contributed by atoms with Gasteiger partial charge in [0, 0.05) is 3.92 Å². The molecule has 1 N–H and O–H groups in total. The minimum absolute atomic E-state index is 0.0747. The second-order valence-electron chi connectivity index (χ2n) is 2.75. The fourth-order valence-electron chi connectivity index (χ4n) is 1.36. The Bertz CT molecular complexity index is 136. The van der Waals surface area contributed by atoms with Crippen molar-refractivity contribution in [3.8, 4) is 0 Å². The van der Waals surface area contributed by atoms with Gasteiger partial charge in [0.1, 0.15) is 0 Å². The summed E-state index contributed by atoms with van der Waals surface area (Å²) in [6.45, 7) is 0. The Labute approximate surface area is 74.1 Å². The molecule has 1 fully saturated rings. The molecule has 2 nitrogen and oxygen atoms in total. The van der Waals surface area contributed by atoms with E-state index in [4.69, 9.17) is 5.11 Å². The molecular weight excluding hydrogens is 243 g/mol. The zero-order valence-corrected chi connectivity index (χ0v) is 7.87. The molecule has 0 saturated heterocycles. The summed E-state index contributed by atoms with van der Waals surface area (Å²) in [6.07, 6.45) is 4.26. The van der Waals surface area contributed by atoms with E-state index in [0.29, 0.717) is 3.92 Å². The van der Waals surface area contributed by atoms with Crippen molar-refractivity contribution in [3.63, 3.8) is 0 Å². The van der Waals surface area contributed by atoms with E-state index >= 15 is 0 Å². The number of carboxylic acids is 1. The van der Waals surface area contributed by atoms with Crippen LogP contribution < -0.4 is 0 Å². The van der Waals surface area contributed by atoms with Crippen LogP contribution in [0.5, 0.6) is 0 Å². The maximum atomic E-state index is 10.6. The Kier molecular flexibility index (Phi) is 2.95. The summed E-state index contributed by atoms with van der Waals surface area (Å²) >= 11 is 2.25. The summed E-state index contributed by atoms with van der Waals surface area (Å²) in [5, 5.41) is 8.70. The van der Waals surface area contributed by atoms with Gasteiger partial charge in [-0.05, 0) is 12.8 Å². The van der Waals surface area contributed by atoms with Gasteiger partial charge < -0.3 is 5.11 Å². The molecule has 0 heterocycles. The van der Waals surface area contributed by atoms with Crippen molar-refractivity contribution in [3.05, 3.63) is 0 Å². The molecule has 0 aliphatic heterocycles. The first-order valence-corrected chi connectivity index (χ1v) is 4.83. The Morgan fingerprint density at radius 3 is 2.40 bits per heavy atom. The van der Waals surface area contributed by atoms with Gasteiger partial charge in [0.05, 0.1) is 5.92 Å². The van der Waals surface area contributed by atoms with Crippen molar-refractivity contribution < 1.29 is 9.90 Å². The van der Waals surface area contributed by atoms with Gasteiger partial charge in [-0.2, -0.15) is 0 Å². The standard InChI is InChI=1S/C7H11IO2/c8-6-4-2-1-3-5(6)7(9)10/h5-6H,1-4H2,(H,9,10)/t5-,6?/m0/s1. The van der Waals surface area contributed by atoms with Gasteiger partial charge in [-0.15, -0.1) is 0 Å². The Balaban J connectivity index is 2.47. The third-order valence-corrected chi connectivity index (χ3v) is 3.49. The minimum Gasteiger partial charge on any atom is -0.481 e. The van der Waals surface area contributed by atoms with Crippen LogP contribution in [0.4, 0.5) is 0 Å². The van der Waals surface area contributed by atoms with Crippen molar-refractivity contribution in [2.45, 2.75) is 29.6 Å². The molecular formula is C7H11IO2. The number of aliphatic carboxylic acids is 1. The molecule has 0 bridgehead atoms. The maximum Gasteiger partial charge on any atom is 0.307 e. The van der Waals surface area contributed by atoms with Gasteiger partial charge in [-0.1, -0.05) is 35.4 Å². The first kappa shape index (κ1) is 8.30. The monoisotopic (exact) mass is 254 g/mol. The van der Waals surface area contributed by atoms with E-state index < -0.39 is 5.97 Å². The second-order valence-corrected chi connectivity index (χ2v) is 4.35. The van der Waals surface area contributed by atoms with Crippen molar-refractivity contribution in [1.82, 2.24) is 0 Å². The van der Waals surface area contributed by atoms with Crippen molar-refractivity contribution in [1.29, 1.82) is 0 Å². The summed E-state index contributed by atoms with van der Waals surface area (Å²) in [5.74, 6) is -0.687. The average molecular weight is 254 g/mol. The van der Waals surface area contributed by atoms with E-state index in [2.05, 4.69) is 22.6 Å². The predicted molar refractivity (Wildman–Crippen MR) is 47.4 cm³/mol. The van der Waals surface area contributed by atoms with Crippen LogP contribution in [0.15, 0.2) is 0 Å². The van der Waals surface area contributed by atoms with E-state index in [1.54, 1.807) is 0 Å². The molecule has 1 aliphatic rings. The van der Waals surface area contributed by atoms with Crippen LogP contribution >= 0.6 is 22.6 Å². The first-order valence-electron chi connectivity index (χ1n) is 3.58. The first-order chi connectivity index (χ1) is 4.72. The Hall–Kier alpha value is 0.200. The van der Waals surface area contributed by atoms with Crippen LogP contribution in [0.2, 0.25) is 0 Å². The molecule has 58 valence electrons. The average Bonchev–Trinajstić information content (AvgIpc) is 1.88. The van der Waals surface area contributed by atoms with Crippen molar-refractivity contribution in [2.24, 2.45) is 5.92 Å². The van der Waals surface area contributed by atoms with Crippen LogP contribution in [0, 0.1) is 5.92 Å². The predicted octanol–water partition coefficient (Wildman–Crippen LogP) is 2.06. The Morgan fingerprint density at radius 2 is 2.00 bits per heavy atom. The number of halogens is 1. The van der Waals surface area contributed by atoms with Crippen LogP contribution in [0.25, 0.3) is 0 Å². The molecule has 1 unspecified atom stereocenters. The fourth-order valence-corrected chi connectivity index (χ4v) is 2.47. The largest absolute Gasteiger partial charge is 0.481 e. The number of hydrogen-bond acceptors (Lipinski definition) is 1. The third kappa shape index (κ3) is 1.84. The SMILES string of the molecule is O=C(O)[C@H]1CCCCC1I. The quantitative estimate of drug-likeness (QED) is 0.574. The van der Waals surface area contributed by atoms with Gasteiger partial charge >= 0.3 is 5.97 Å². The molecule has 2 atom stereocenters. The molecule has 1 aliphatic carbocycles. The molecule has 1 saturated carbocycles. The molecule has 3 heteroatoms. The smallest absolute Gasteiger partial charge is 0.307 e. The molecule has 0 spiro atoms. The van der Waals surface area contributed by atoms with Crippen molar-refractivity contribution >= 4 is 28.6 Å². The van der Waals surface area contributed by atoms with E-state index in [0.717, 1.165) is 19.3 Å². The van der Waals surface area contributed by atoms with E-state index in [1.165, 1.54) is 6.42 Å². The second kappa shape index (κ2) is 3.55. The van der Waals surface area contributed by atoms with Crippen LogP contribution in [-0.4, -0.2) is 15.0 Å². The van der Waals surface area contributed by atoms with Crippen molar-refractivity contribution in [2.75, 3.05) is 0 Å². The molecule has 0 aromatic heterocycles. The lowest BCUT2D eigenvalue weighted by Crippen LogP contribution is -2.26. The summed E-state index contributed by atoms with van der Waals surface area (Å²) in [7, 11) is 0. The number of carbonyl (C=O) groups is 1. The van der Waals surface area contributed by atoms with E-state index in [1.807, 2.05) is 0 Å². The third-order valence-electron chi connectivity index (χ3n) is 2.00. The molecule has 1 rings (SSSR count). The Morgan fingerprint density at radius 1 is 1.40 bits per heavy atom. The zero-order chi connectivity index (χ0) is 7.56. The highest BCUT2D eigenvalue weighted by Gasteiger charge is 2.28. The lowest BCUT2D eigenvalue weighted by atomic mass is 9.89. The molecule has 0 amide bonds. The van der Waals surface area contributed by atoms with Gasteiger partial charge in [0.25, 0.3) is 0 Å². The van der Waals surface area contributed by atoms with Gasteiger partial charge in [-0.25, -0.2) is 0 Å². The van der Waals surface area contributed by atoms with E-state index in [-0.39, 0.29) is 5.92 Å². The lowest BCUT2D eigenvalue weighted by molar-refractivity contribution is -0.142. The fraction of sp³-hybridized carbons (Fsp3) is 0.857. The number of carboxylic acid groups (broad SMARTS) is 1. The maximum absolute atomic E-state index is 10.6. The summed E-state index contributed by atoms with van der Waals surface area (Å²) in [6, 6.07) is 0. The molecule has 0 aromatic carbocycles. The van der Waals surface area contributed by atoms with Crippen LogP contribution in [0.1, 0.15) is 25.7 Å². The molecule has 0 aromatic rings. The summed E-state index contributed by atoms with van der Waals surface area (Å²) < 4.78 is 0.365. The summed E-state index contributed by atoms with van der Waals surface area (Å²) in [5.41, 5.74) is 0. The minimum atomic E-state index is -0.612. The number of alkyl halides is 1. The normalized spacial score (nSPS) is 33.7. The van der Waals surface area contributed by atoms with Crippen LogP contribution in [-0.2, 0) is 4.79 Å².